The predicted molar refractivity (Wildman–Crippen MR) is 79.4 cm³/mol. The molecule has 2 aliphatic rings. The van der Waals surface area contributed by atoms with Crippen molar-refractivity contribution >= 4 is 11.5 Å². The summed E-state index contributed by atoms with van der Waals surface area (Å²) in [6, 6.07) is 0.595. The standard InChI is InChI=1S/C15H22N4O2/c1-10-15(11(2)18(17-10)9-14(20)21)12-7-16-19(8-12)13-5-3-4-6-13/h8,13,16H,3-7,9H2,1-2H3,(H,20,21). The molecule has 0 atom stereocenters. The maximum absolute atomic E-state index is 10.9. The summed E-state index contributed by atoms with van der Waals surface area (Å²) >= 11 is 0. The Labute approximate surface area is 124 Å². The lowest BCUT2D eigenvalue weighted by Gasteiger charge is -2.23. The van der Waals surface area contributed by atoms with Crippen molar-refractivity contribution in [2.75, 3.05) is 6.54 Å². The van der Waals surface area contributed by atoms with Crippen molar-refractivity contribution in [3.8, 4) is 0 Å². The normalized spacial score (nSPS) is 19.3. The van der Waals surface area contributed by atoms with Gasteiger partial charge >= 0.3 is 5.97 Å². The molecule has 0 unspecified atom stereocenters. The van der Waals surface area contributed by atoms with Crippen LogP contribution in [0.2, 0.25) is 0 Å². The summed E-state index contributed by atoms with van der Waals surface area (Å²) in [4.78, 5) is 10.9. The third-order valence-electron chi connectivity index (χ3n) is 4.45. The number of nitrogens with one attached hydrogen (secondary N) is 1. The number of aromatic nitrogens is 2. The van der Waals surface area contributed by atoms with Crippen LogP contribution in [-0.4, -0.2) is 38.5 Å². The fourth-order valence-corrected chi connectivity index (χ4v) is 3.45. The quantitative estimate of drug-likeness (QED) is 0.883. The molecule has 2 N–H and O–H groups in total. The first kappa shape index (κ1) is 14.1. The average Bonchev–Trinajstić information content (AvgIpc) is 3.11. The molecule has 0 radical (unpaired) electrons. The molecule has 1 fully saturated rings. The molecular weight excluding hydrogens is 268 g/mol. The Bertz CT molecular complexity index is 585. The molecule has 0 bridgehead atoms. The van der Waals surface area contributed by atoms with Crippen LogP contribution in [0.3, 0.4) is 0 Å². The average molecular weight is 290 g/mol. The molecule has 21 heavy (non-hydrogen) atoms. The number of carbonyl (C=O) groups is 1. The van der Waals surface area contributed by atoms with Gasteiger partial charge in [0.05, 0.1) is 5.69 Å². The lowest BCUT2D eigenvalue weighted by atomic mass is 10.1. The molecule has 114 valence electrons. The van der Waals surface area contributed by atoms with Gasteiger partial charge in [-0.25, -0.2) is 5.43 Å². The second-order valence-corrected chi connectivity index (χ2v) is 5.93. The first-order valence-electron chi connectivity index (χ1n) is 7.55. The Balaban J connectivity index is 1.85. The molecule has 1 aromatic rings. The largest absolute Gasteiger partial charge is 0.480 e. The Morgan fingerprint density at radius 2 is 2.14 bits per heavy atom. The second kappa shape index (κ2) is 5.52. The fraction of sp³-hybridized carbons (Fsp3) is 0.600. The van der Waals surface area contributed by atoms with Gasteiger partial charge in [0.25, 0.3) is 0 Å². The highest BCUT2D eigenvalue weighted by Gasteiger charge is 2.26. The minimum Gasteiger partial charge on any atom is -0.480 e. The summed E-state index contributed by atoms with van der Waals surface area (Å²) in [5.74, 6) is -0.863. The van der Waals surface area contributed by atoms with Crippen LogP contribution in [-0.2, 0) is 11.3 Å². The van der Waals surface area contributed by atoms with Crippen LogP contribution < -0.4 is 5.43 Å². The third kappa shape index (κ3) is 2.68. The Morgan fingerprint density at radius 1 is 1.43 bits per heavy atom. The number of aliphatic carboxylic acids is 1. The van der Waals surface area contributed by atoms with E-state index in [-0.39, 0.29) is 6.54 Å². The number of hydrogen-bond donors (Lipinski definition) is 2. The minimum atomic E-state index is -0.863. The molecule has 6 nitrogen and oxygen atoms in total. The number of carboxylic acids is 1. The zero-order valence-electron chi connectivity index (χ0n) is 12.6. The van der Waals surface area contributed by atoms with Gasteiger partial charge in [-0.15, -0.1) is 0 Å². The van der Waals surface area contributed by atoms with Gasteiger partial charge in [0.2, 0.25) is 0 Å². The molecular formula is C15H22N4O2. The van der Waals surface area contributed by atoms with E-state index in [1.807, 2.05) is 13.8 Å². The summed E-state index contributed by atoms with van der Waals surface area (Å²) in [5.41, 5.74) is 7.55. The van der Waals surface area contributed by atoms with E-state index >= 15 is 0 Å². The number of nitrogens with zero attached hydrogens (tertiary/aromatic N) is 3. The highest BCUT2D eigenvalue weighted by atomic mass is 16.4. The Kier molecular flexibility index (Phi) is 3.71. The Morgan fingerprint density at radius 3 is 2.81 bits per heavy atom. The van der Waals surface area contributed by atoms with Crippen LogP contribution in [0.1, 0.15) is 42.6 Å². The van der Waals surface area contributed by atoms with Crippen LogP contribution in [0.25, 0.3) is 5.57 Å². The van der Waals surface area contributed by atoms with Crippen LogP contribution in [0.4, 0.5) is 0 Å². The van der Waals surface area contributed by atoms with Crippen LogP contribution in [0.5, 0.6) is 0 Å². The molecule has 2 heterocycles. The van der Waals surface area contributed by atoms with Gasteiger partial charge in [-0.1, -0.05) is 12.8 Å². The van der Waals surface area contributed by atoms with E-state index in [9.17, 15) is 4.79 Å². The maximum atomic E-state index is 10.9. The molecule has 0 saturated heterocycles. The highest BCUT2D eigenvalue weighted by Crippen LogP contribution is 2.29. The van der Waals surface area contributed by atoms with Crippen molar-refractivity contribution in [3.63, 3.8) is 0 Å². The first-order valence-corrected chi connectivity index (χ1v) is 7.55. The number of aryl methyl sites for hydroxylation is 1. The monoisotopic (exact) mass is 290 g/mol. The smallest absolute Gasteiger partial charge is 0.325 e. The molecule has 3 rings (SSSR count). The number of carboxylic acid groups (broad SMARTS) is 1. The van der Waals surface area contributed by atoms with Gasteiger partial charge in [-0.2, -0.15) is 5.10 Å². The first-order chi connectivity index (χ1) is 10.1. The molecule has 1 aliphatic carbocycles. The second-order valence-electron chi connectivity index (χ2n) is 5.93. The molecule has 0 aromatic carbocycles. The van der Waals surface area contributed by atoms with Crippen LogP contribution in [0.15, 0.2) is 6.20 Å². The SMILES string of the molecule is Cc1nn(CC(=O)O)c(C)c1C1=CN(C2CCCC2)NC1. The van der Waals surface area contributed by atoms with Gasteiger partial charge in [0.15, 0.2) is 0 Å². The van der Waals surface area contributed by atoms with Gasteiger partial charge < -0.3 is 10.1 Å². The molecule has 1 aromatic heterocycles. The molecule has 0 amide bonds. The third-order valence-corrected chi connectivity index (χ3v) is 4.45. The highest BCUT2D eigenvalue weighted by molar-refractivity contribution is 5.72. The fourth-order valence-electron chi connectivity index (χ4n) is 3.45. The summed E-state index contributed by atoms with van der Waals surface area (Å²) in [6.45, 7) is 4.59. The van der Waals surface area contributed by atoms with Crippen molar-refractivity contribution < 1.29 is 9.90 Å². The number of hydrazine groups is 1. The number of hydrogen-bond acceptors (Lipinski definition) is 4. The van der Waals surface area contributed by atoms with E-state index in [0.29, 0.717) is 6.04 Å². The summed E-state index contributed by atoms with van der Waals surface area (Å²) in [6.07, 6.45) is 7.28. The van der Waals surface area contributed by atoms with Crippen molar-refractivity contribution in [1.29, 1.82) is 0 Å². The zero-order valence-corrected chi connectivity index (χ0v) is 12.6. The molecule has 0 spiro atoms. The maximum Gasteiger partial charge on any atom is 0.325 e. The van der Waals surface area contributed by atoms with Crippen LogP contribution in [0, 0.1) is 13.8 Å². The van der Waals surface area contributed by atoms with Crippen molar-refractivity contribution in [1.82, 2.24) is 20.2 Å². The van der Waals surface area contributed by atoms with Gasteiger partial charge in [0, 0.05) is 30.0 Å². The van der Waals surface area contributed by atoms with E-state index < -0.39 is 5.97 Å². The van der Waals surface area contributed by atoms with Gasteiger partial charge in [-0.3, -0.25) is 9.48 Å². The number of rotatable bonds is 4. The van der Waals surface area contributed by atoms with Crippen molar-refractivity contribution in [2.45, 2.75) is 52.1 Å². The van der Waals surface area contributed by atoms with Crippen LogP contribution >= 0.6 is 0 Å². The van der Waals surface area contributed by atoms with Crippen molar-refractivity contribution in [2.24, 2.45) is 0 Å². The van der Waals surface area contributed by atoms with E-state index in [0.717, 1.165) is 23.5 Å². The zero-order chi connectivity index (χ0) is 15.0. The van der Waals surface area contributed by atoms with Gasteiger partial charge in [0.1, 0.15) is 6.54 Å². The van der Waals surface area contributed by atoms with Crippen molar-refractivity contribution in [3.05, 3.63) is 23.2 Å². The topological polar surface area (TPSA) is 70.4 Å². The lowest BCUT2D eigenvalue weighted by Crippen LogP contribution is -2.36. The summed E-state index contributed by atoms with van der Waals surface area (Å²) in [7, 11) is 0. The summed E-state index contributed by atoms with van der Waals surface area (Å²) in [5, 5.41) is 15.5. The molecule has 6 heteroatoms. The van der Waals surface area contributed by atoms with E-state index in [1.54, 1.807) is 4.68 Å². The molecule has 1 saturated carbocycles. The summed E-state index contributed by atoms with van der Waals surface area (Å²) < 4.78 is 1.58. The van der Waals surface area contributed by atoms with E-state index in [2.05, 4.69) is 21.7 Å². The van der Waals surface area contributed by atoms with Gasteiger partial charge in [-0.05, 0) is 32.3 Å². The Hall–Kier alpha value is -1.82. The van der Waals surface area contributed by atoms with E-state index in [1.165, 1.54) is 31.3 Å². The predicted octanol–water partition coefficient (Wildman–Crippen LogP) is 1.69. The lowest BCUT2D eigenvalue weighted by molar-refractivity contribution is -0.137. The van der Waals surface area contributed by atoms with E-state index in [4.69, 9.17) is 5.11 Å². The minimum absolute atomic E-state index is 0.0836. The molecule has 1 aliphatic heterocycles.